The van der Waals surface area contributed by atoms with E-state index in [1.165, 1.54) is 18.0 Å². The van der Waals surface area contributed by atoms with Crippen LogP contribution in [0.2, 0.25) is 0 Å². The van der Waals surface area contributed by atoms with Gasteiger partial charge >= 0.3 is 0 Å². The third-order valence-corrected chi connectivity index (χ3v) is 4.44. The second-order valence-electron chi connectivity index (χ2n) is 6.51. The van der Waals surface area contributed by atoms with Crippen molar-refractivity contribution in [1.82, 2.24) is 19.8 Å². The van der Waals surface area contributed by atoms with Crippen LogP contribution in [0.25, 0.3) is 11.3 Å². The average molecular weight is 316 g/mol. The number of nitrogens with zero attached hydrogens (tertiary/aromatic N) is 3. The maximum Gasteiger partial charge on any atom is 0.123 e. The molecule has 1 aromatic carbocycles. The maximum absolute atomic E-state index is 13.1. The zero-order chi connectivity index (χ0) is 16.2. The van der Waals surface area contributed by atoms with Crippen LogP contribution < -0.4 is 5.32 Å². The Labute approximate surface area is 137 Å². The van der Waals surface area contributed by atoms with Gasteiger partial charge in [0.25, 0.3) is 0 Å². The average Bonchev–Trinajstić information content (AvgIpc) is 2.98. The number of rotatable bonds is 5. The summed E-state index contributed by atoms with van der Waals surface area (Å²) in [4.78, 5) is 7.09. The van der Waals surface area contributed by atoms with Gasteiger partial charge in [-0.3, -0.25) is 0 Å². The third-order valence-electron chi connectivity index (χ3n) is 4.44. The summed E-state index contributed by atoms with van der Waals surface area (Å²) in [5.74, 6) is 1.47. The Bertz CT molecular complexity index is 627. The van der Waals surface area contributed by atoms with Crippen LogP contribution in [0.1, 0.15) is 24.6 Å². The van der Waals surface area contributed by atoms with E-state index in [0.717, 1.165) is 50.3 Å². The minimum atomic E-state index is -0.209. The number of hydrogen-bond donors (Lipinski definition) is 1. The SMILES string of the molecule is CN(C)CCn1cc(-c2ccc(F)cc2)nc1C1CCNCC1. The first-order chi connectivity index (χ1) is 11.1. The molecule has 1 aliphatic heterocycles. The third kappa shape index (κ3) is 3.98. The van der Waals surface area contributed by atoms with Gasteiger partial charge in [0, 0.05) is 30.8 Å². The zero-order valence-electron chi connectivity index (χ0n) is 13.9. The van der Waals surface area contributed by atoms with Crippen LogP contribution in [0.3, 0.4) is 0 Å². The van der Waals surface area contributed by atoms with E-state index in [4.69, 9.17) is 4.98 Å². The fourth-order valence-corrected chi connectivity index (χ4v) is 3.08. The molecule has 2 heterocycles. The molecule has 5 heteroatoms. The first kappa shape index (κ1) is 16.1. The molecule has 0 saturated carbocycles. The lowest BCUT2D eigenvalue weighted by Crippen LogP contribution is -2.28. The molecule has 0 unspecified atom stereocenters. The Morgan fingerprint density at radius 2 is 1.91 bits per heavy atom. The van der Waals surface area contributed by atoms with Crippen molar-refractivity contribution >= 4 is 0 Å². The molecule has 1 N–H and O–H groups in total. The van der Waals surface area contributed by atoms with Gasteiger partial charge in [-0.25, -0.2) is 9.37 Å². The topological polar surface area (TPSA) is 33.1 Å². The van der Waals surface area contributed by atoms with Crippen LogP contribution in [0, 0.1) is 5.82 Å². The largest absolute Gasteiger partial charge is 0.333 e. The molecule has 4 nitrogen and oxygen atoms in total. The van der Waals surface area contributed by atoms with Crippen LogP contribution >= 0.6 is 0 Å². The standard InChI is InChI=1S/C18H25FN4/c1-22(2)11-12-23-13-17(14-3-5-16(19)6-4-14)21-18(23)15-7-9-20-10-8-15/h3-6,13,15,20H,7-12H2,1-2H3. The van der Waals surface area contributed by atoms with Gasteiger partial charge in [0.15, 0.2) is 0 Å². The highest BCUT2D eigenvalue weighted by molar-refractivity contribution is 5.58. The summed E-state index contributed by atoms with van der Waals surface area (Å²) in [5.41, 5.74) is 1.92. The van der Waals surface area contributed by atoms with Gasteiger partial charge in [0.05, 0.1) is 5.69 Å². The smallest absolute Gasteiger partial charge is 0.123 e. The van der Waals surface area contributed by atoms with E-state index in [0.29, 0.717) is 5.92 Å². The van der Waals surface area contributed by atoms with Crippen LogP contribution in [-0.2, 0) is 6.54 Å². The Balaban J connectivity index is 1.89. The van der Waals surface area contributed by atoms with Gasteiger partial charge in [-0.1, -0.05) is 0 Å². The number of nitrogens with one attached hydrogen (secondary N) is 1. The van der Waals surface area contributed by atoms with Crippen molar-refractivity contribution in [2.75, 3.05) is 33.7 Å². The van der Waals surface area contributed by atoms with Gasteiger partial charge in [-0.2, -0.15) is 0 Å². The highest BCUT2D eigenvalue weighted by Crippen LogP contribution is 2.28. The predicted molar refractivity (Wildman–Crippen MR) is 91.0 cm³/mol. The lowest BCUT2D eigenvalue weighted by molar-refractivity contribution is 0.369. The minimum absolute atomic E-state index is 0.209. The second-order valence-corrected chi connectivity index (χ2v) is 6.51. The molecule has 2 aromatic rings. The van der Waals surface area contributed by atoms with Crippen molar-refractivity contribution in [3.05, 3.63) is 42.1 Å². The van der Waals surface area contributed by atoms with Gasteiger partial charge in [-0.05, 0) is 64.3 Å². The first-order valence-corrected chi connectivity index (χ1v) is 8.32. The predicted octanol–water partition coefficient (Wildman–Crippen LogP) is 2.72. The molecule has 0 amide bonds. The van der Waals surface area contributed by atoms with Crippen LogP contribution in [0.15, 0.2) is 30.5 Å². The van der Waals surface area contributed by atoms with Gasteiger partial charge in [0.1, 0.15) is 11.6 Å². The molecule has 1 fully saturated rings. The molecule has 23 heavy (non-hydrogen) atoms. The normalized spacial score (nSPS) is 16.2. The summed E-state index contributed by atoms with van der Waals surface area (Å²) in [6, 6.07) is 6.61. The van der Waals surface area contributed by atoms with Gasteiger partial charge in [0.2, 0.25) is 0 Å². The molecule has 1 saturated heterocycles. The Hall–Kier alpha value is -1.72. The van der Waals surface area contributed by atoms with Crippen molar-refractivity contribution in [3.63, 3.8) is 0 Å². The molecule has 124 valence electrons. The molecule has 0 radical (unpaired) electrons. The minimum Gasteiger partial charge on any atom is -0.333 e. The Kier molecular flexibility index (Phi) is 5.08. The van der Waals surface area contributed by atoms with Crippen LogP contribution in [-0.4, -0.2) is 48.2 Å². The number of imidazole rings is 1. The van der Waals surface area contributed by atoms with E-state index in [1.54, 1.807) is 12.1 Å². The number of likely N-dealkylation sites (N-methyl/N-ethyl adjacent to an activating group) is 1. The quantitative estimate of drug-likeness (QED) is 0.921. The van der Waals surface area contributed by atoms with Crippen molar-refractivity contribution in [3.8, 4) is 11.3 Å². The van der Waals surface area contributed by atoms with E-state index < -0.39 is 0 Å². The summed E-state index contributed by atoms with van der Waals surface area (Å²) < 4.78 is 15.4. The van der Waals surface area contributed by atoms with Crippen molar-refractivity contribution in [1.29, 1.82) is 0 Å². The fraction of sp³-hybridized carbons (Fsp3) is 0.500. The van der Waals surface area contributed by atoms with E-state index in [9.17, 15) is 4.39 Å². The molecule has 0 spiro atoms. The lowest BCUT2D eigenvalue weighted by Gasteiger charge is -2.23. The first-order valence-electron chi connectivity index (χ1n) is 8.32. The molecule has 0 aliphatic carbocycles. The van der Waals surface area contributed by atoms with E-state index >= 15 is 0 Å². The number of piperidine rings is 1. The monoisotopic (exact) mass is 316 g/mol. The Morgan fingerprint density at radius 1 is 1.22 bits per heavy atom. The summed E-state index contributed by atoms with van der Waals surface area (Å²) in [5, 5.41) is 3.41. The maximum atomic E-state index is 13.1. The molecule has 1 aliphatic rings. The van der Waals surface area contributed by atoms with Crippen molar-refractivity contribution < 1.29 is 4.39 Å². The number of halogens is 1. The fourth-order valence-electron chi connectivity index (χ4n) is 3.08. The number of aromatic nitrogens is 2. The zero-order valence-corrected chi connectivity index (χ0v) is 13.9. The molecule has 1 aromatic heterocycles. The molecule has 0 bridgehead atoms. The molecular weight excluding hydrogens is 291 g/mol. The van der Waals surface area contributed by atoms with E-state index in [2.05, 4.69) is 35.1 Å². The summed E-state index contributed by atoms with van der Waals surface area (Å²) >= 11 is 0. The highest BCUT2D eigenvalue weighted by Gasteiger charge is 2.21. The summed E-state index contributed by atoms with van der Waals surface area (Å²) in [7, 11) is 4.17. The van der Waals surface area contributed by atoms with Crippen LogP contribution in [0.4, 0.5) is 4.39 Å². The van der Waals surface area contributed by atoms with Crippen molar-refractivity contribution in [2.45, 2.75) is 25.3 Å². The van der Waals surface area contributed by atoms with Crippen molar-refractivity contribution in [2.24, 2.45) is 0 Å². The second kappa shape index (κ2) is 7.23. The summed E-state index contributed by atoms with van der Waals surface area (Å²) in [6.45, 7) is 4.02. The lowest BCUT2D eigenvalue weighted by atomic mass is 9.97. The van der Waals surface area contributed by atoms with Crippen LogP contribution in [0.5, 0.6) is 0 Å². The highest BCUT2D eigenvalue weighted by atomic mass is 19.1. The van der Waals surface area contributed by atoms with E-state index in [1.807, 2.05) is 0 Å². The number of hydrogen-bond acceptors (Lipinski definition) is 3. The van der Waals surface area contributed by atoms with E-state index in [-0.39, 0.29) is 5.82 Å². The molecule has 0 atom stereocenters. The number of benzene rings is 1. The van der Waals surface area contributed by atoms with Gasteiger partial charge in [-0.15, -0.1) is 0 Å². The Morgan fingerprint density at radius 3 is 2.57 bits per heavy atom. The van der Waals surface area contributed by atoms with Gasteiger partial charge < -0.3 is 14.8 Å². The summed E-state index contributed by atoms with van der Waals surface area (Å²) in [6.07, 6.45) is 4.37. The molecule has 3 rings (SSSR count). The molecular formula is C18H25FN4.